The van der Waals surface area contributed by atoms with Crippen LogP contribution in [0.5, 0.6) is 11.5 Å². The van der Waals surface area contributed by atoms with Gasteiger partial charge in [0, 0.05) is 6.54 Å². The van der Waals surface area contributed by atoms with Gasteiger partial charge < -0.3 is 14.8 Å². The minimum Gasteiger partial charge on any atom is -0.496 e. The largest absolute Gasteiger partial charge is 0.496 e. The number of hydrogen-bond acceptors (Lipinski definition) is 3. The van der Waals surface area contributed by atoms with Crippen molar-refractivity contribution >= 4 is 5.91 Å². The Morgan fingerprint density at radius 3 is 2.62 bits per heavy atom. The predicted octanol–water partition coefficient (Wildman–Crippen LogP) is 3.84. The van der Waals surface area contributed by atoms with Crippen LogP contribution in [0.4, 0.5) is 13.2 Å². The fourth-order valence-electron chi connectivity index (χ4n) is 2.38. The lowest BCUT2D eigenvalue weighted by atomic mass is 10.1. The summed E-state index contributed by atoms with van der Waals surface area (Å²) in [5.74, 6) is 0.415. The summed E-state index contributed by atoms with van der Waals surface area (Å²) in [6.07, 6.45) is -3.01. The van der Waals surface area contributed by atoms with Gasteiger partial charge in [0.25, 0.3) is 5.91 Å². The maximum Gasteiger partial charge on any atom is 0.416 e. The molecule has 0 radical (unpaired) electrons. The van der Waals surface area contributed by atoms with Crippen molar-refractivity contribution in [3.8, 4) is 11.5 Å². The lowest BCUT2D eigenvalue weighted by Crippen LogP contribution is -2.30. The average Bonchev–Trinajstić information content (AvgIpc) is 2.63. The standard InChI is InChI=1S/C19H20F3NO3/c1-25-17-10-3-2-6-14(17)7-5-11-23-18(24)13-26-16-9-4-8-15(12-16)19(20,21)22/h2-4,6,8-10,12H,5,7,11,13H2,1H3,(H,23,24). The van der Waals surface area contributed by atoms with Crippen LogP contribution in [-0.4, -0.2) is 26.2 Å². The SMILES string of the molecule is COc1ccccc1CCCNC(=O)COc1cccc(C(F)(F)F)c1. The number of nitrogens with one attached hydrogen (secondary N) is 1. The van der Waals surface area contributed by atoms with E-state index in [9.17, 15) is 18.0 Å². The first-order chi connectivity index (χ1) is 12.4. The Morgan fingerprint density at radius 1 is 1.12 bits per heavy atom. The zero-order valence-corrected chi connectivity index (χ0v) is 14.3. The third-order valence-electron chi connectivity index (χ3n) is 3.67. The molecule has 0 saturated heterocycles. The summed E-state index contributed by atoms with van der Waals surface area (Å²) in [4.78, 5) is 11.7. The summed E-state index contributed by atoms with van der Waals surface area (Å²) >= 11 is 0. The van der Waals surface area contributed by atoms with E-state index < -0.39 is 11.7 Å². The minimum absolute atomic E-state index is 0.00370. The van der Waals surface area contributed by atoms with Crippen LogP contribution in [0.25, 0.3) is 0 Å². The second-order valence-corrected chi connectivity index (χ2v) is 5.58. The third kappa shape index (κ3) is 5.98. The minimum atomic E-state index is -4.44. The first-order valence-electron chi connectivity index (χ1n) is 8.09. The van der Waals surface area contributed by atoms with Gasteiger partial charge in [-0.15, -0.1) is 0 Å². The van der Waals surface area contributed by atoms with Crippen LogP contribution in [0, 0.1) is 0 Å². The molecule has 1 N–H and O–H groups in total. The Labute approximate surface area is 149 Å². The summed E-state index contributed by atoms with van der Waals surface area (Å²) in [5.41, 5.74) is 0.233. The molecule has 0 unspecified atom stereocenters. The van der Waals surface area contributed by atoms with E-state index in [1.165, 1.54) is 12.1 Å². The molecule has 1 amide bonds. The highest BCUT2D eigenvalue weighted by atomic mass is 19.4. The molecule has 0 spiro atoms. The van der Waals surface area contributed by atoms with Gasteiger partial charge in [-0.3, -0.25) is 4.79 Å². The molecule has 0 aromatic heterocycles. The number of alkyl halides is 3. The molecule has 0 saturated carbocycles. The van der Waals surface area contributed by atoms with E-state index >= 15 is 0 Å². The molecular weight excluding hydrogens is 347 g/mol. The van der Waals surface area contributed by atoms with Crippen LogP contribution >= 0.6 is 0 Å². The molecule has 0 aliphatic rings. The van der Waals surface area contributed by atoms with Crippen LogP contribution in [0.1, 0.15) is 17.5 Å². The van der Waals surface area contributed by atoms with Gasteiger partial charge in [-0.2, -0.15) is 13.2 Å². The molecule has 2 rings (SSSR count). The van der Waals surface area contributed by atoms with Crippen LogP contribution in [-0.2, 0) is 17.4 Å². The second-order valence-electron chi connectivity index (χ2n) is 5.58. The van der Waals surface area contributed by atoms with Crippen LogP contribution in [0.3, 0.4) is 0 Å². The Morgan fingerprint density at radius 2 is 1.88 bits per heavy atom. The van der Waals surface area contributed by atoms with Crippen LogP contribution < -0.4 is 14.8 Å². The van der Waals surface area contributed by atoms with Gasteiger partial charge in [0.15, 0.2) is 6.61 Å². The van der Waals surface area contributed by atoms with E-state index in [0.717, 1.165) is 29.9 Å². The van der Waals surface area contributed by atoms with Gasteiger partial charge in [-0.25, -0.2) is 0 Å². The number of halogens is 3. The average molecular weight is 367 g/mol. The first-order valence-corrected chi connectivity index (χ1v) is 8.09. The number of rotatable bonds is 8. The van der Waals surface area contributed by atoms with Gasteiger partial charge in [-0.05, 0) is 42.7 Å². The number of aryl methyl sites for hydroxylation is 1. The molecule has 2 aromatic rings. The van der Waals surface area contributed by atoms with Crippen molar-refractivity contribution in [2.45, 2.75) is 19.0 Å². The molecule has 0 aliphatic heterocycles. The molecule has 140 valence electrons. The van der Waals surface area contributed by atoms with Crippen molar-refractivity contribution < 1.29 is 27.4 Å². The highest BCUT2D eigenvalue weighted by Crippen LogP contribution is 2.31. The number of carbonyl (C=O) groups is 1. The molecule has 26 heavy (non-hydrogen) atoms. The van der Waals surface area contributed by atoms with E-state index in [4.69, 9.17) is 9.47 Å². The van der Waals surface area contributed by atoms with E-state index in [1.807, 2.05) is 24.3 Å². The maximum absolute atomic E-state index is 12.6. The van der Waals surface area contributed by atoms with Gasteiger partial charge >= 0.3 is 6.18 Å². The normalized spacial score (nSPS) is 11.1. The number of ether oxygens (including phenoxy) is 2. The van der Waals surface area contributed by atoms with E-state index in [-0.39, 0.29) is 18.3 Å². The summed E-state index contributed by atoms with van der Waals surface area (Å²) in [6.45, 7) is 0.0960. The summed E-state index contributed by atoms with van der Waals surface area (Å²) in [7, 11) is 1.60. The molecule has 2 aromatic carbocycles. The highest BCUT2D eigenvalue weighted by molar-refractivity contribution is 5.77. The molecule has 7 heteroatoms. The molecule has 0 heterocycles. The lowest BCUT2D eigenvalue weighted by molar-refractivity contribution is -0.137. The number of carbonyl (C=O) groups excluding carboxylic acids is 1. The van der Waals surface area contributed by atoms with Crippen molar-refractivity contribution in [3.05, 3.63) is 59.7 Å². The second kappa shape index (κ2) is 9.12. The molecule has 0 fully saturated rings. The van der Waals surface area contributed by atoms with Crippen molar-refractivity contribution in [1.82, 2.24) is 5.32 Å². The van der Waals surface area contributed by atoms with Crippen molar-refractivity contribution in [2.24, 2.45) is 0 Å². The summed E-state index contributed by atoms with van der Waals surface area (Å²) in [6, 6.07) is 12.1. The Balaban J connectivity index is 1.73. The van der Waals surface area contributed by atoms with E-state index in [0.29, 0.717) is 13.0 Å². The Kier molecular flexibility index (Phi) is 6.89. The molecule has 0 atom stereocenters. The number of hydrogen-bond donors (Lipinski definition) is 1. The van der Waals surface area contributed by atoms with Crippen LogP contribution in [0.2, 0.25) is 0 Å². The Hall–Kier alpha value is -2.70. The first kappa shape index (κ1) is 19.6. The third-order valence-corrected chi connectivity index (χ3v) is 3.67. The van der Waals surface area contributed by atoms with Gasteiger partial charge in [-0.1, -0.05) is 24.3 Å². The zero-order valence-electron chi connectivity index (χ0n) is 14.3. The monoisotopic (exact) mass is 367 g/mol. The number of benzene rings is 2. The van der Waals surface area contributed by atoms with Crippen LogP contribution in [0.15, 0.2) is 48.5 Å². The van der Waals surface area contributed by atoms with Crippen molar-refractivity contribution in [3.63, 3.8) is 0 Å². The highest BCUT2D eigenvalue weighted by Gasteiger charge is 2.30. The Bertz CT molecular complexity index is 732. The van der Waals surface area contributed by atoms with Crippen molar-refractivity contribution in [1.29, 1.82) is 0 Å². The molecule has 4 nitrogen and oxygen atoms in total. The van der Waals surface area contributed by atoms with E-state index in [1.54, 1.807) is 7.11 Å². The molecular formula is C19H20F3NO3. The van der Waals surface area contributed by atoms with Gasteiger partial charge in [0.1, 0.15) is 11.5 Å². The number of para-hydroxylation sites is 1. The molecule has 0 bridgehead atoms. The van der Waals surface area contributed by atoms with Crippen molar-refractivity contribution in [2.75, 3.05) is 20.3 Å². The van der Waals surface area contributed by atoms with Gasteiger partial charge in [0.05, 0.1) is 12.7 Å². The molecule has 0 aliphatic carbocycles. The van der Waals surface area contributed by atoms with E-state index in [2.05, 4.69) is 5.32 Å². The predicted molar refractivity (Wildman–Crippen MR) is 91.3 cm³/mol. The quantitative estimate of drug-likeness (QED) is 0.721. The lowest BCUT2D eigenvalue weighted by Gasteiger charge is -2.11. The smallest absolute Gasteiger partial charge is 0.416 e. The maximum atomic E-state index is 12.6. The van der Waals surface area contributed by atoms with Gasteiger partial charge in [0.2, 0.25) is 0 Å². The number of amides is 1. The number of methoxy groups -OCH3 is 1. The summed E-state index contributed by atoms with van der Waals surface area (Å²) < 4.78 is 48.2. The fourth-order valence-corrected chi connectivity index (χ4v) is 2.38. The topological polar surface area (TPSA) is 47.6 Å². The zero-order chi connectivity index (χ0) is 19.0. The fraction of sp³-hybridized carbons (Fsp3) is 0.316. The summed E-state index contributed by atoms with van der Waals surface area (Å²) in [5, 5.41) is 2.68.